The zero-order chi connectivity index (χ0) is 25.5. The second kappa shape index (κ2) is 9.90. The fourth-order valence-corrected chi connectivity index (χ4v) is 6.05. The Morgan fingerprint density at radius 3 is 2.68 bits per heavy atom. The molecule has 3 aliphatic heterocycles. The molecule has 3 aliphatic rings. The molecule has 196 valence electrons. The molecule has 0 amide bonds. The Kier molecular flexibility index (Phi) is 6.46. The number of aryl methyl sites for hydroxylation is 1. The molecule has 0 unspecified atom stereocenters. The van der Waals surface area contributed by atoms with Gasteiger partial charge in [-0.3, -0.25) is 9.69 Å². The molecular weight excluding hydrogens is 472 g/mol. The van der Waals surface area contributed by atoms with Gasteiger partial charge in [0.2, 0.25) is 0 Å². The largest absolute Gasteiger partial charge is 0.467 e. The van der Waals surface area contributed by atoms with Crippen molar-refractivity contribution in [1.82, 2.24) is 24.6 Å². The van der Waals surface area contributed by atoms with E-state index >= 15 is 0 Å². The monoisotopic (exact) mass is 506 g/mol. The van der Waals surface area contributed by atoms with E-state index in [0.717, 1.165) is 62.2 Å². The number of esters is 1. The van der Waals surface area contributed by atoms with Gasteiger partial charge in [0.1, 0.15) is 5.82 Å². The van der Waals surface area contributed by atoms with E-state index < -0.39 is 0 Å². The number of morpholine rings is 1. The number of ether oxygens (including phenoxy) is 3. The number of anilines is 1. The Hall–Kier alpha value is -3.24. The number of rotatable bonds is 7. The van der Waals surface area contributed by atoms with E-state index in [1.165, 1.54) is 11.1 Å². The van der Waals surface area contributed by atoms with E-state index in [2.05, 4.69) is 38.8 Å². The van der Waals surface area contributed by atoms with Crippen molar-refractivity contribution < 1.29 is 19.0 Å². The lowest BCUT2D eigenvalue weighted by Crippen LogP contribution is -2.37. The average molecular weight is 507 g/mol. The molecule has 6 rings (SSSR count). The molecule has 3 fully saturated rings. The molecular formula is C27H34N6O4. The molecule has 0 N–H and O–H groups in total. The third kappa shape index (κ3) is 4.64. The summed E-state index contributed by atoms with van der Waals surface area (Å²) in [5.41, 5.74) is 3.62. The van der Waals surface area contributed by atoms with E-state index in [9.17, 15) is 4.79 Å². The summed E-state index contributed by atoms with van der Waals surface area (Å²) in [7, 11) is 1.60. The first-order chi connectivity index (χ1) is 18.0. The average Bonchev–Trinajstić information content (AvgIpc) is 3.64. The number of likely N-dealkylation sites (tertiary alicyclic amines) is 1. The van der Waals surface area contributed by atoms with Gasteiger partial charge in [-0.1, -0.05) is 0 Å². The number of hydrogen-bond donors (Lipinski definition) is 0. The highest BCUT2D eigenvalue weighted by Gasteiger charge is 2.40. The van der Waals surface area contributed by atoms with Gasteiger partial charge < -0.3 is 19.1 Å². The fourth-order valence-electron chi connectivity index (χ4n) is 6.05. The molecule has 5 heterocycles. The summed E-state index contributed by atoms with van der Waals surface area (Å²) >= 11 is 0. The SMILES string of the molecule is CCOC(=O)CN1CCC(c2cc3c(cnn3-c3cc(N4C[C@H]5C[C@@H]4CO5)nc(OC)n3)cc2C)CC1. The van der Waals surface area contributed by atoms with E-state index in [0.29, 0.717) is 36.9 Å². The van der Waals surface area contributed by atoms with Crippen molar-refractivity contribution >= 4 is 22.7 Å². The number of nitrogens with zero attached hydrogens (tertiary/aromatic N) is 6. The predicted octanol–water partition coefficient (Wildman–Crippen LogP) is 2.85. The Bertz CT molecular complexity index is 1300. The van der Waals surface area contributed by atoms with Crippen LogP contribution in [0.15, 0.2) is 24.4 Å². The number of carbonyl (C=O) groups is 1. The van der Waals surface area contributed by atoms with Gasteiger partial charge in [0, 0.05) is 18.0 Å². The van der Waals surface area contributed by atoms with Crippen LogP contribution in [0.5, 0.6) is 6.01 Å². The Labute approximate surface area is 216 Å². The fraction of sp³-hybridized carbons (Fsp3) is 0.556. The lowest BCUT2D eigenvalue weighted by atomic mass is 9.86. The highest BCUT2D eigenvalue weighted by Crippen LogP contribution is 2.35. The van der Waals surface area contributed by atoms with E-state index in [1.807, 2.05) is 23.9 Å². The van der Waals surface area contributed by atoms with Gasteiger partial charge in [-0.15, -0.1) is 0 Å². The highest BCUT2D eigenvalue weighted by atomic mass is 16.5. The van der Waals surface area contributed by atoms with Crippen LogP contribution in [0.25, 0.3) is 16.7 Å². The van der Waals surface area contributed by atoms with Gasteiger partial charge in [-0.25, -0.2) is 4.68 Å². The van der Waals surface area contributed by atoms with Crippen molar-refractivity contribution in [3.05, 3.63) is 35.5 Å². The van der Waals surface area contributed by atoms with Crippen LogP contribution < -0.4 is 9.64 Å². The van der Waals surface area contributed by atoms with Gasteiger partial charge in [0.05, 0.1) is 50.7 Å². The predicted molar refractivity (Wildman–Crippen MR) is 138 cm³/mol. The third-order valence-corrected chi connectivity index (χ3v) is 7.91. The van der Waals surface area contributed by atoms with Gasteiger partial charge >= 0.3 is 12.0 Å². The zero-order valence-electron chi connectivity index (χ0n) is 21.7. The minimum absolute atomic E-state index is 0.142. The number of carbonyl (C=O) groups excluding carboxylic acids is 1. The summed E-state index contributed by atoms with van der Waals surface area (Å²) in [6.07, 6.45) is 5.21. The molecule has 2 aromatic heterocycles. The van der Waals surface area contributed by atoms with Crippen LogP contribution in [0.1, 0.15) is 43.2 Å². The number of fused-ring (bicyclic) bond motifs is 3. The molecule has 37 heavy (non-hydrogen) atoms. The molecule has 1 aromatic carbocycles. The van der Waals surface area contributed by atoms with Crippen LogP contribution in [-0.2, 0) is 14.3 Å². The summed E-state index contributed by atoms with van der Waals surface area (Å²) in [4.78, 5) is 25.7. The molecule has 0 spiro atoms. The molecule has 3 aromatic rings. The number of methoxy groups -OCH3 is 1. The van der Waals surface area contributed by atoms with Crippen molar-refractivity contribution in [2.24, 2.45) is 0 Å². The lowest BCUT2D eigenvalue weighted by molar-refractivity contribution is -0.144. The molecule has 10 nitrogen and oxygen atoms in total. The van der Waals surface area contributed by atoms with Crippen molar-refractivity contribution in [2.45, 2.75) is 51.2 Å². The van der Waals surface area contributed by atoms with E-state index in [1.54, 1.807) is 7.11 Å². The zero-order valence-corrected chi connectivity index (χ0v) is 21.7. The van der Waals surface area contributed by atoms with Crippen molar-refractivity contribution in [3.63, 3.8) is 0 Å². The summed E-state index contributed by atoms with van der Waals surface area (Å²) in [5.74, 6) is 1.83. The van der Waals surface area contributed by atoms with Gasteiger partial charge in [-0.05, 0) is 75.4 Å². The standard InChI is InChI=1S/C27H34N6O4/c1-4-36-26(34)15-31-7-5-18(6-8-31)22-11-23-19(9-17(22)2)13-28-33(23)25-12-24(29-27(30-25)35-3)32-14-21-10-20(32)16-37-21/h9,11-13,18,20-21H,4-8,10,14-16H2,1-3H3/t20-,21-/m1/s1. The van der Waals surface area contributed by atoms with Crippen LogP contribution in [-0.4, -0.2) is 89.3 Å². The van der Waals surface area contributed by atoms with Crippen molar-refractivity contribution in [2.75, 3.05) is 51.4 Å². The number of hydrogen-bond acceptors (Lipinski definition) is 9. The Balaban J connectivity index is 1.28. The maximum absolute atomic E-state index is 11.9. The number of benzene rings is 1. The van der Waals surface area contributed by atoms with E-state index in [4.69, 9.17) is 19.3 Å². The van der Waals surface area contributed by atoms with Crippen LogP contribution >= 0.6 is 0 Å². The molecule has 0 aliphatic carbocycles. The third-order valence-electron chi connectivity index (χ3n) is 7.91. The summed E-state index contributed by atoms with van der Waals surface area (Å²) in [6.45, 7) is 8.15. The van der Waals surface area contributed by atoms with Gasteiger partial charge in [0.25, 0.3) is 0 Å². The Morgan fingerprint density at radius 2 is 1.97 bits per heavy atom. The molecule has 0 saturated carbocycles. The smallest absolute Gasteiger partial charge is 0.320 e. The van der Waals surface area contributed by atoms with Crippen molar-refractivity contribution in [3.8, 4) is 11.8 Å². The second-order valence-corrected chi connectivity index (χ2v) is 10.2. The molecule has 2 bridgehead atoms. The molecule has 2 atom stereocenters. The number of aromatic nitrogens is 4. The van der Waals surface area contributed by atoms with Crippen molar-refractivity contribution in [1.29, 1.82) is 0 Å². The molecule has 10 heteroatoms. The Morgan fingerprint density at radius 1 is 1.16 bits per heavy atom. The maximum Gasteiger partial charge on any atom is 0.320 e. The maximum atomic E-state index is 11.9. The lowest BCUT2D eigenvalue weighted by Gasteiger charge is -2.32. The summed E-state index contributed by atoms with van der Waals surface area (Å²) in [5, 5.41) is 5.79. The first-order valence-corrected chi connectivity index (χ1v) is 13.2. The second-order valence-electron chi connectivity index (χ2n) is 10.2. The van der Waals surface area contributed by atoms with Crippen LogP contribution in [0.3, 0.4) is 0 Å². The highest BCUT2D eigenvalue weighted by molar-refractivity contribution is 5.82. The number of piperidine rings is 1. The minimum Gasteiger partial charge on any atom is -0.467 e. The quantitative estimate of drug-likeness (QED) is 0.448. The van der Waals surface area contributed by atoms with E-state index in [-0.39, 0.29) is 12.1 Å². The van der Waals surface area contributed by atoms with Crippen LogP contribution in [0.4, 0.5) is 5.82 Å². The first-order valence-electron chi connectivity index (χ1n) is 13.2. The summed E-state index contributed by atoms with van der Waals surface area (Å²) < 4.78 is 18.3. The minimum atomic E-state index is -0.142. The molecule has 3 saturated heterocycles. The topological polar surface area (TPSA) is 94.8 Å². The van der Waals surface area contributed by atoms with Crippen LogP contribution in [0.2, 0.25) is 0 Å². The van der Waals surface area contributed by atoms with Gasteiger partial charge in [-0.2, -0.15) is 15.1 Å². The van der Waals surface area contributed by atoms with Crippen LogP contribution in [0, 0.1) is 6.92 Å². The molecule has 0 radical (unpaired) electrons. The first kappa shape index (κ1) is 24.1. The van der Waals surface area contributed by atoms with Gasteiger partial charge in [0.15, 0.2) is 5.82 Å². The summed E-state index contributed by atoms with van der Waals surface area (Å²) in [6, 6.07) is 7.17. The normalized spacial score (nSPS) is 22.2.